The number of hydrogen-bond acceptors (Lipinski definition) is 4. The molecule has 1 atom stereocenters. The molecule has 0 fully saturated rings. The highest BCUT2D eigenvalue weighted by atomic mass is 32.1. The molecule has 0 bridgehead atoms. The van der Waals surface area contributed by atoms with Gasteiger partial charge in [-0.15, -0.1) is 10.2 Å². The zero-order valence-electron chi connectivity index (χ0n) is 6.57. The Bertz CT molecular complexity index is 233. The van der Waals surface area contributed by atoms with E-state index in [0.29, 0.717) is 5.01 Å². The number of ketones is 1. The van der Waals surface area contributed by atoms with E-state index in [-0.39, 0.29) is 11.7 Å². The van der Waals surface area contributed by atoms with Crippen molar-refractivity contribution in [1.29, 1.82) is 0 Å². The van der Waals surface area contributed by atoms with Crippen LogP contribution in [-0.4, -0.2) is 16.0 Å². The van der Waals surface area contributed by atoms with Crippen LogP contribution in [0.5, 0.6) is 0 Å². The van der Waals surface area contributed by atoms with Gasteiger partial charge in [0.05, 0.1) is 0 Å². The van der Waals surface area contributed by atoms with Gasteiger partial charge in [0.15, 0.2) is 10.8 Å². The zero-order chi connectivity index (χ0) is 8.27. The molecule has 0 aliphatic carbocycles. The van der Waals surface area contributed by atoms with Gasteiger partial charge in [0.2, 0.25) is 0 Å². The second-order valence-electron chi connectivity index (χ2n) is 2.42. The van der Waals surface area contributed by atoms with Crippen LogP contribution in [-0.2, 0) is 0 Å². The number of aromatic nitrogens is 2. The van der Waals surface area contributed by atoms with E-state index in [2.05, 4.69) is 10.2 Å². The second kappa shape index (κ2) is 3.57. The molecule has 0 N–H and O–H groups in total. The van der Waals surface area contributed by atoms with Crippen molar-refractivity contribution in [2.75, 3.05) is 0 Å². The van der Waals surface area contributed by atoms with Crippen LogP contribution >= 0.6 is 11.3 Å². The van der Waals surface area contributed by atoms with Crippen LogP contribution < -0.4 is 0 Å². The largest absolute Gasteiger partial charge is 0.291 e. The molecule has 0 amide bonds. The van der Waals surface area contributed by atoms with E-state index in [1.54, 1.807) is 5.51 Å². The number of carbonyl (C=O) groups excluding carboxylic acids is 1. The summed E-state index contributed by atoms with van der Waals surface area (Å²) in [5.74, 6) is 0.179. The highest BCUT2D eigenvalue weighted by Gasteiger charge is 2.15. The summed E-state index contributed by atoms with van der Waals surface area (Å²) in [6.45, 7) is 3.90. The SMILES string of the molecule is CCC(C)C(=O)c1nncs1. The van der Waals surface area contributed by atoms with E-state index in [1.807, 2.05) is 13.8 Å². The highest BCUT2D eigenvalue weighted by Crippen LogP contribution is 2.12. The normalized spacial score (nSPS) is 12.9. The van der Waals surface area contributed by atoms with Crippen molar-refractivity contribution < 1.29 is 4.79 Å². The van der Waals surface area contributed by atoms with Gasteiger partial charge in [-0.25, -0.2) is 0 Å². The Morgan fingerprint density at radius 1 is 1.82 bits per heavy atom. The van der Waals surface area contributed by atoms with E-state index in [0.717, 1.165) is 6.42 Å². The summed E-state index contributed by atoms with van der Waals surface area (Å²) in [6, 6.07) is 0. The van der Waals surface area contributed by atoms with Crippen LogP contribution in [0.4, 0.5) is 0 Å². The minimum absolute atomic E-state index is 0.0722. The Labute approximate surface area is 69.5 Å². The first-order valence-corrected chi connectivity index (χ1v) is 4.44. The van der Waals surface area contributed by atoms with Crippen LogP contribution in [0, 0.1) is 5.92 Å². The van der Waals surface area contributed by atoms with Gasteiger partial charge < -0.3 is 0 Å². The molecule has 1 rings (SSSR count). The van der Waals surface area contributed by atoms with Crippen molar-refractivity contribution in [3.05, 3.63) is 10.5 Å². The van der Waals surface area contributed by atoms with E-state index >= 15 is 0 Å². The molecule has 1 heterocycles. The summed E-state index contributed by atoms with van der Waals surface area (Å²) in [7, 11) is 0. The minimum Gasteiger partial charge on any atom is -0.291 e. The Kier molecular flexibility index (Phi) is 2.70. The third-order valence-corrected chi connectivity index (χ3v) is 2.34. The van der Waals surface area contributed by atoms with E-state index in [4.69, 9.17) is 0 Å². The van der Waals surface area contributed by atoms with Crippen molar-refractivity contribution >= 4 is 17.1 Å². The molecular weight excluding hydrogens is 160 g/mol. The van der Waals surface area contributed by atoms with Crippen molar-refractivity contribution in [2.24, 2.45) is 5.92 Å². The molecule has 0 saturated carbocycles. The molecule has 1 aromatic heterocycles. The second-order valence-corrected chi connectivity index (χ2v) is 3.25. The fourth-order valence-electron chi connectivity index (χ4n) is 0.677. The number of rotatable bonds is 3. The lowest BCUT2D eigenvalue weighted by molar-refractivity contribution is 0.0926. The smallest absolute Gasteiger partial charge is 0.196 e. The van der Waals surface area contributed by atoms with Gasteiger partial charge in [0.1, 0.15) is 5.51 Å². The van der Waals surface area contributed by atoms with Gasteiger partial charge in [-0.2, -0.15) is 0 Å². The van der Waals surface area contributed by atoms with Crippen LogP contribution in [0.2, 0.25) is 0 Å². The minimum atomic E-state index is 0.0722. The van der Waals surface area contributed by atoms with Crippen molar-refractivity contribution in [3.8, 4) is 0 Å². The van der Waals surface area contributed by atoms with Gasteiger partial charge in [-0.1, -0.05) is 25.2 Å². The molecule has 0 aromatic carbocycles. The highest BCUT2D eigenvalue weighted by molar-refractivity contribution is 7.11. The van der Waals surface area contributed by atoms with E-state index in [1.165, 1.54) is 11.3 Å². The topological polar surface area (TPSA) is 42.9 Å². The average molecular weight is 170 g/mol. The molecule has 0 spiro atoms. The molecule has 11 heavy (non-hydrogen) atoms. The predicted molar refractivity (Wildman–Crippen MR) is 43.7 cm³/mol. The van der Waals surface area contributed by atoms with Crippen LogP contribution in [0.15, 0.2) is 5.51 Å². The summed E-state index contributed by atoms with van der Waals surface area (Å²) in [4.78, 5) is 11.3. The van der Waals surface area contributed by atoms with Gasteiger partial charge >= 0.3 is 0 Å². The lowest BCUT2D eigenvalue weighted by Crippen LogP contribution is -2.09. The van der Waals surface area contributed by atoms with Crippen LogP contribution in [0.25, 0.3) is 0 Å². The standard InChI is InChI=1S/C7H10N2OS/c1-3-5(2)6(10)7-9-8-4-11-7/h4-5H,3H2,1-2H3. The zero-order valence-corrected chi connectivity index (χ0v) is 7.39. The van der Waals surface area contributed by atoms with Gasteiger partial charge in [-0.3, -0.25) is 4.79 Å². The fraction of sp³-hybridized carbons (Fsp3) is 0.571. The molecule has 0 aliphatic rings. The molecular formula is C7H10N2OS. The monoisotopic (exact) mass is 170 g/mol. The van der Waals surface area contributed by atoms with Crippen LogP contribution in [0.1, 0.15) is 30.1 Å². The first kappa shape index (κ1) is 8.33. The lowest BCUT2D eigenvalue weighted by Gasteiger charge is -2.01. The maximum atomic E-state index is 11.3. The third-order valence-electron chi connectivity index (χ3n) is 1.63. The summed E-state index contributed by atoms with van der Waals surface area (Å²) >= 11 is 1.30. The fourth-order valence-corrected chi connectivity index (χ4v) is 1.28. The molecule has 0 saturated heterocycles. The third kappa shape index (κ3) is 1.83. The molecule has 0 aliphatic heterocycles. The maximum Gasteiger partial charge on any atom is 0.196 e. The molecule has 1 unspecified atom stereocenters. The quantitative estimate of drug-likeness (QED) is 0.649. The molecule has 3 nitrogen and oxygen atoms in total. The Hall–Kier alpha value is -0.770. The number of hydrogen-bond donors (Lipinski definition) is 0. The van der Waals surface area contributed by atoms with Crippen molar-refractivity contribution in [2.45, 2.75) is 20.3 Å². The summed E-state index contributed by atoms with van der Waals surface area (Å²) in [5, 5.41) is 7.84. The number of nitrogens with zero attached hydrogens (tertiary/aromatic N) is 2. The van der Waals surface area contributed by atoms with Crippen molar-refractivity contribution in [3.63, 3.8) is 0 Å². The Morgan fingerprint density at radius 2 is 2.55 bits per heavy atom. The number of Topliss-reactive ketones (excluding diaryl/α,β-unsaturated/α-hetero) is 1. The summed E-state index contributed by atoms with van der Waals surface area (Å²) in [5.41, 5.74) is 1.58. The van der Waals surface area contributed by atoms with Crippen molar-refractivity contribution in [1.82, 2.24) is 10.2 Å². The van der Waals surface area contributed by atoms with Gasteiger partial charge in [0, 0.05) is 5.92 Å². The average Bonchev–Trinajstić information content (AvgIpc) is 2.53. The number of carbonyl (C=O) groups is 1. The molecule has 60 valence electrons. The Morgan fingerprint density at radius 3 is 3.00 bits per heavy atom. The first-order chi connectivity index (χ1) is 5.25. The van der Waals surface area contributed by atoms with Gasteiger partial charge in [-0.05, 0) is 6.42 Å². The Balaban J connectivity index is 2.70. The summed E-state index contributed by atoms with van der Waals surface area (Å²) in [6.07, 6.45) is 0.860. The maximum absolute atomic E-state index is 11.3. The molecule has 0 radical (unpaired) electrons. The van der Waals surface area contributed by atoms with Crippen LogP contribution in [0.3, 0.4) is 0 Å². The predicted octanol–water partition coefficient (Wildman–Crippen LogP) is 1.77. The molecule has 1 aromatic rings. The van der Waals surface area contributed by atoms with E-state index < -0.39 is 0 Å². The lowest BCUT2D eigenvalue weighted by atomic mass is 10.0. The van der Waals surface area contributed by atoms with E-state index in [9.17, 15) is 4.79 Å². The first-order valence-electron chi connectivity index (χ1n) is 3.56. The molecule has 4 heteroatoms. The van der Waals surface area contributed by atoms with Gasteiger partial charge in [0.25, 0.3) is 0 Å². The summed E-state index contributed by atoms with van der Waals surface area (Å²) < 4.78 is 0.